The van der Waals surface area contributed by atoms with Crippen LogP contribution in [0.3, 0.4) is 0 Å². The van der Waals surface area contributed by atoms with Gasteiger partial charge in [-0.1, -0.05) is 13.3 Å². The maximum atomic E-state index is 12.1. The Morgan fingerprint density at radius 1 is 1.61 bits per heavy atom. The second-order valence-corrected chi connectivity index (χ2v) is 5.73. The zero-order chi connectivity index (χ0) is 13.0. The zero-order valence-corrected chi connectivity index (χ0v) is 11.9. The Morgan fingerprint density at radius 3 is 3.11 bits per heavy atom. The molecule has 0 radical (unpaired) electrons. The molecule has 2 heterocycles. The lowest BCUT2D eigenvalue weighted by atomic mass is 10.3. The van der Waals surface area contributed by atoms with Gasteiger partial charge in [0.1, 0.15) is 5.37 Å². The highest BCUT2D eigenvalue weighted by Gasteiger charge is 2.31. The molecular formula is C13H21N3OS. The van der Waals surface area contributed by atoms with Gasteiger partial charge >= 0.3 is 6.03 Å². The van der Waals surface area contributed by atoms with Gasteiger partial charge < -0.3 is 14.8 Å². The number of hydrogen-bond donors (Lipinski definition) is 1. The molecule has 100 valence electrons. The Bertz CT molecular complexity index is 405. The lowest BCUT2D eigenvalue weighted by Gasteiger charge is -2.24. The summed E-state index contributed by atoms with van der Waals surface area (Å²) in [6.45, 7) is 3.74. The molecule has 1 saturated heterocycles. The van der Waals surface area contributed by atoms with E-state index in [1.54, 1.807) is 0 Å². The molecule has 18 heavy (non-hydrogen) atoms. The Hall–Kier alpha value is -1.10. The summed E-state index contributed by atoms with van der Waals surface area (Å²) in [6, 6.07) is 4.19. The maximum absolute atomic E-state index is 12.1. The van der Waals surface area contributed by atoms with E-state index >= 15 is 0 Å². The Kier molecular flexibility index (Phi) is 4.58. The molecule has 0 aliphatic carbocycles. The largest absolute Gasteiger partial charge is 0.352 e. The number of carbonyl (C=O) groups is 1. The van der Waals surface area contributed by atoms with E-state index < -0.39 is 0 Å². The first-order valence-electron chi connectivity index (χ1n) is 6.51. The van der Waals surface area contributed by atoms with Gasteiger partial charge in [0.25, 0.3) is 0 Å². The number of rotatable bonds is 4. The van der Waals surface area contributed by atoms with Crippen LogP contribution >= 0.6 is 11.8 Å². The molecular weight excluding hydrogens is 246 g/mol. The molecule has 1 unspecified atom stereocenters. The first kappa shape index (κ1) is 13.3. The fourth-order valence-electron chi connectivity index (χ4n) is 2.13. The third kappa shape index (κ3) is 2.83. The molecule has 0 saturated carbocycles. The summed E-state index contributed by atoms with van der Waals surface area (Å²) in [5, 5.41) is 3.16. The lowest BCUT2D eigenvalue weighted by molar-refractivity contribution is 0.199. The number of aromatic nitrogens is 1. The van der Waals surface area contributed by atoms with Gasteiger partial charge in [0.2, 0.25) is 0 Å². The molecule has 5 heteroatoms. The lowest BCUT2D eigenvalue weighted by Crippen LogP contribution is -2.40. The van der Waals surface area contributed by atoms with E-state index in [1.807, 2.05) is 36.0 Å². The van der Waals surface area contributed by atoms with Crippen molar-refractivity contribution in [3.8, 4) is 0 Å². The van der Waals surface area contributed by atoms with Crippen LogP contribution in [0, 0.1) is 0 Å². The molecule has 2 rings (SSSR count). The van der Waals surface area contributed by atoms with Crippen LogP contribution < -0.4 is 5.32 Å². The van der Waals surface area contributed by atoms with E-state index in [2.05, 4.69) is 22.9 Å². The third-order valence-corrected chi connectivity index (χ3v) is 4.43. The van der Waals surface area contributed by atoms with Crippen molar-refractivity contribution in [2.75, 3.05) is 18.8 Å². The maximum Gasteiger partial charge on any atom is 0.318 e. The summed E-state index contributed by atoms with van der Waals surface area (Å²) >= 11 is 1.83. The van der Waals surface area contributed by atoms with Crippen LogP contribution in [0.4, 0.5) is 4.79 Å². The van der Waals surface area contributed by atoms with E-state index in [0.29, 0.717) is 0 Å². The van der Waals surface area contributed by atoms with Crippen molar-refractivity contribution in [3.63, 3.8) is 0 Å². The zero-order valence-electron chi connectivity index (χ0n) is 11.1. The molecule has 1 aliphatic heterocycles. The number of carbonyl (C=O) groups excluding carboxylic acids is 1. The van der Waals surface area contributed by atoms with E-state index in [4.69, 9.17) is 0 Å². The summed E-state index contributed by atoms with van der Waals surface area (Å²) in [6.07, 6.45) is 4.18. The van der Waals surface area contributed by atoms with Crippen molar-refractivity contribution >= 4 is 17.8 Å². The minimum absolute atomic E-state index is 0.0691. The molecule has 1 N–H and O–H groups in total. The van der Waals surface area contributed by atoms with Gasteiger partial charge in [-0.25, -0.2) is 4.79 Å². The van der Waals surface area contributed by atoms with Crippen LogP contribution in [0.25, 0.3) is 0 Å². The Labute approximate surface area is 113 Å². The highest BCUT2D eigenvalue weighted by molar-refractivity contribution is 7.99. The van der Waals surface area contributed by atoms with Crippen molar-refractivity contribution in [3.05, 3.63) is 24.0 Å². The van der Waals surface area contributed by atoms with Gasteiger partial charge in [-0.2, -0.15) is 0 Å². The SMILES string of the molecule is CCCCNC(=O)N1CCSC1c1cccn1C. The van der Waals surface area contributed by atoms with Crippen LogP contribution in [-0.2, 0) is 7.05 Å². The average Bonchev–Trinajstić information content (AvgIpc) is 2.97. The molecule has 0 bridgehead atoms. The number of nitrogens with zero attached hydrogens (tertiary/aromatic N) is 2. The summed E-state index contributed by atoms with van der Waals surface area (Å²) in [4.78, 5) is 14.1. The molecule has 1 aromatic rings. The molecule has 1 fully saturated rings. The molecule has 2 amide bonds. The van der Waals surface area contributed by atoms with Gasteiger partial charge in [0.05, 0.1) is 5.69 Å². The summed E-state index contributed by atoms with van der Waals surface area (Å²) in [7, 11) is 2.03. The molecule has 4 nitrogen and oxygen atoms in total. The monoisotopic (exact) mass is 267 g/mol. The smallest absolute Gasteiger partial charge is 0.318 e. The van der Waals surface area contributed by atoms with Gasteiger partial charge in [-0.05, 0) is 18.6 Å². The number of hydrogen-bond acceptors (Lipinski definition) is 2. The van der Waals surface area contributed by atoms with Crippen LogP contribution in [0.5, 0.6) is 0 Å². The molecule has 0 aromatic carbocycles. The second-order valence-electron chi connectivity index (χ2n) is 4.55. The normalized spacial score (nSPS) is 19.2. The summed E-state index contributed by atoms with van der Waals surface area (Å²) < 4.78 is 2.09. The standard InChI is InChI=1S/C13H21N3OS/c1-3-4-7-14-13(17)16-9-10-18-12(16)11-6-5-8-15(11)2/h5-6,8,12H,3-4,7,9-10H2,1-2H3,(H,14,17). The van der Waals surface area contributed by atoms with Crippen molar-refractivity contribution in [2.24, 2.45) is 7.05 Å². The summed E-state index contributed by atoms with van der Waals surface area (Å²) in [5.41, 5.74) is 1.20. The molecule has 0 spiro atoms. The Morgan fingerprint density at radius 2 is 2.44 bits per heavy atom. The predicted molar refractivity (Wildman–Crippen MR) is 75.6 cm³/mol. The number of amides is 2. The Balaban J connectivity index is 1.99. The number of urea groups is 1. The molecule has 1 aliphatic rings. The molecule has 1 atom stereocenters. The van der Waals surface area contributed by atoms with Crippen LogP contribution in [0.1, 0.15) is 30.8 Å². The quantitative estimate of drug-likeness (QED) is 0.851. The van der Waals surface area contributed by atoms with E-state index in [-0.39, 0.29) is 11.4 Å². The van der Waals surface area contributed by atoms with Crippen molar-refractivity contribution in [1.29, 1.82) is 0 Å². The highest BCUT2D eigenvalue weighted by Crippen LogP contribution is 2.37. The number of thioether (sulfide) groups is 1. The fraction of sp³-hybridized carbons (Fsp3) is 0.615. The number of aryl methyl sites for hydroxylation is 1. The number of unbranched alkanes of at least 4 members (excludes halogenated alkanes) is 1. The third-order valence-electron chi connectivity index (χ3n) is 3.20. The predicted octanol–water partition coefficient (Wildman–Crippen LogP) is 2.58. The van der Waals surface area contributed by atoms with Crippen LogP contribution in [-0.4, -0.2) is 34.3 Å². The van der Waals surface area contributed by atoms with E-state index in [9.17, 15) is 4.79 Å². The van der Waals surface area contributed by atoms with Crippen molar-refractivity contribution in [2.45, 2.75) is 25.1 Å². The fourth-order valence-corrected chi connectivity index (χ4v) is 3.45. The van der Waals surface area contributed by atoms with Crippen LogP contribution in [0.2, 0.25) is 0 Å². The van der Waals surface area contributed by atoms with Gasteiger partial charge in [-0.15, -0.1) is 11.8 Å². The van der Waals surface area contributed by atoms with Gasteiger partial charge in [0, 0.05) is 32.1 Å². The van der Waals surface area contributed by atoms with Crippen molar-refractivity contribution in [1.82, 2.24) is 14.8 Å². The van der Waals surface area contributed by atoms with Gasteiger partial charge in [0.15, 0.2) is 0 Å². The van der Waals surface area contributed by atoms with Crippen LogP contribution in [0.15, 0.2) is 18.3 Å². The second kappa shape index (κ2) is 6.18. The highest BCUT2D eigenvalue weighted by atomic mass is 32.2. The topological polar surface area (TPSA) is 37.3 Å². The number of nitrogens with one attached hydrogen (secondary N) is 1. The minimum Gasteiger partial charge on any atom is -0.352 e. The van der Waals surface area contributed by atoms with Crippen molar-refractivity contribution < 1.29 is 4.79 Å². The summed E-state index contributed by atoms with van der Waals surface area (Å²) in [5.74, 6) is 1.01. The minimum atomic E-state index is 0.0691. The van der Waals surface area contributed by atoms with Gasteiger partial charge in [-0.3, -0.25) is 0 Å². The van der Waals surface area contributed by atoms with E-state index in [1.165, 1.54) is 5.69 Å². The van der Waals surface area contributed by atoms with E-state index in [0.717, 1.165) is 31.7 Å². The first-order valence-corrected chi connectivity index (χ1v) is 7.56. The molecule has 1 aromatic heterocycles. The first-order chi connectivity index (χ1) is 8.74. The average molecular weight is 267 g/mol.